The first kappa shape index (κ1) is 33.6. The van der Waals surface area contributed by atoms with Crippen LogP contribution in [0, 0.1) is 0 Å². The molecule has 0 heterocycles. The first-order valence-electron chi connectivity index (χ1n) is 11.2. The second-order valence-corrected chi connectivity index (χ2v) is 22.1. The fraction of sp³-hybridized carbons (Fsp3) is 0.259. The minimum absolute atomic E-state index is 0. The van der Waals surface area contributed by atoms with E-state index in [4.69, 9.17) is 0 Å². The van der Waals surface area contributed by atoms with Gasteiger partial charge in [-0.15, -0.1) is 0 Å². The Hall–Kier alpha value is -0.456. The van der Waals surface area contributed by atoms with Gasteiger partial charge in [0.1, 0.15) is 16.5 Å². The van der Waals surface area contributed by atoms with Crippen molar-refractivity contribution in [2.24, 2.45) is 0 Å². The Morgan fingerprint density at radius 2 is 1.03 bits per heavy atom. The molecule has 1 nitrogen and oxygen atoms in total. The maximum atomic E-state index is 12.8. The molecule has 3 aromatic carbocycles. The zero-order valence-corrected chi connectivity index (χ0v) is 26.1. The van der Waals surface area contributed by atoms with Crippen molar-refractivity contribution in [3.8, 4) is 0 Å². The molecule has 0 saturated heterocycles. The van der Waals surface area contributed by atoms with Crippen LogP contribution in [0.5, 0.6) is 0 Å². The zero-order valence-electron chi connectivity index (χ0n) is 20.9. The van der Waals surface area contributed by atoms with Gasteiger partial charge in [-0.1, -0.05) is 108 Å². The molecule has 36 heavy (non-hydrogen) atoms. The van der Waals surface area contributed by atoms with Crippen LogP contribution in [0.2, 0.25) is 39.3 Å². The van der Waals surface area contributed by atoms with Crippen molar-refractivity contribution >= 4 is 89.5 Å². The monoisotopic (exact) mass is 665 g/mol. The van der Waals surface area contributed by atoms with Crippen LogP contribution in [-0.4, -0.2) is 46.0 Å². The van der Waals surface area contributed by atoms with Crippen molar-refractivity contribution in [3.63, 3.8) is 0 Å². The molecule has 3 rings (SSSR count). The Bertz CT molecular complexity index is 1110. The molecule has 0 aromatic heterocycles. The van der Waals surface area contributed by atoms with E-state index in [0.717, 1.165) is 43.3 Å². The van der Waals surface area contributed by atoms with Gasteiger partial charge in [-0.2, -0.15) is 13.2 Å². The van der Waals surface area contributed by atoms with Gasteiger partial charge in [0.15, 0.2) is 0 Å². The molecule has 0 spiro atoms. The molecule has 3 aromatic rings. The van der Waals surface area contributed by atoms with E-state index in [1.807, 2.05) is 54.6 Å². The van der Waals surface area contributed by atoms with Crippen molar-refractivity contribution < 1.29 is 13.2 Å². The van der Waals surface area contributed by atoms with Gasteiger partial charge in [-0.05, 0) is 64.7 Å². The molecule has 0 aliphatic heterocycles. The molecular weight excluding hydrogens is 634 g/mol. The van der Waals surface area contributed by atoms with E-state index in [1.54, 1.807) is 0 Å². The van der Waals surface area contributed by atoms with Gasteiger partial charge in [0, 0.05) is 8.95 Å². The summed E-state index contributed by atoms with van der Waals surface area (Å²) in [4.78, 5) is 0. The van der Waals surface area contributed by atoms with E-state index in [2.05, 4.69) is 75.8 Å². The molecular formula is C27H33Br2F3NNaSi2. The second-order valence-electron chi connectivity index (χ2n) is 10.3. The van der Waals surface area contributed by atoms with Gasteiger partial charge in [0.25, 0.3) is 0 Å². The summed E-state index contributed by atoms with van der Waals surface area (Å²) >= 11 is 6.81. The first-order chi connectivity index (χ1) is 16.0. The summed E-state index contributed by atoms with van der Waals surface area (Å²) in [6.07, 6.45) is -2.37. The summed E-state index contributed by atoms with van der Waals surface area (Å²) in [5.74, 6) is 0. The molecule has 0 unspecified atom stereocenters. The van der Waals surface area contributed by atoms with Gasteiger partial charge >= 0.3 is 35.7 Å². The molecule has 0 fully saturated rings. The number of hydrogen-bond acceptors (Lipinski definition) is 1. The van der Waals surface area contributed by atoms with Crippen LogP contribution in [0.15, 0.2) is 81.7 Å². The summed E-state index contributed by atoms with van der Waals surface area (Å²) in [6.45, 7) is 14.1. The Morgan fingerprint density at radius 3 is 1.36 bits per heavy atom. The van der Waals surface area contributed by atoms with Crippen molar-refractivity contribution in [1.29, 1.82) is 0 Å². The third kappa shape index (κ3) is 12.4. The summed E-state index contributed by atoms with van der Waals surface area (Å²) in [7, 11) is -1.96. The standard InChI is InChI=1S/C21H13Br2F3.C6H19NSi2.Na.H/c22-18-9-1-14(2-10-18)13-20(16-5-11-19(23)12-6-16)15-3-7-17(8-4-15)21(24,25)26;1-8(2,3)7-9(4,5)6;;/h1-13H;7H,1-6H3;;/b20-13-;;;. The van der Waals surface area contributed by atoms with Crippen LogP contribution in [-0.2, 0) is 6.18 Å². The van der Waals surface area contributed by atoms with Gasteiger partial charge in [-0.25, -0.2) is 0 Å². The normalized spacial score (nSPS) is 12.4. The predicted octanol–water partition coefficient (Wildman–Crippen LogP) is 9.42. The fourth-order valence-electron chi connectivity index (χ4n) is 3.65. The molecule has 0 bridgehead atoms. The first-order valence-corrected chi connectivity index (χ1v) is 19.8. The van der Waals surface area contributed by atoms with Crippen molar-refractivity contribution in [3.05, 3.63) is 104 Å². The number of alkyl halides is 3. The van der Waals surface area contributed by atoms with Gasteiger partial charge in [0.2, 0.25) is 0 Å². The van der Waals surface area contributed by atoms with Crippen LogP contribution in [0.3, 0.4) is 0 Å². The summed E-state index contributed by atoms with van der Waals surface area (Å²) in [5.41, 5.74) is 2.82. The topological polar surface area (TPSA) is 12.0 Å². The Morgan fingerprint density at radius 1 is 0.667 bits per heavy atom. The molecule has 1 N–H and O–H groups in total. The van der Waals surface area contributed by atoms with E-state index in [-0.39, 0.29) is 29.6 Å². The number of halogens is 5. The summed E-state index contributed by atoms with van der Waals surface area (Å²) in [6, 6.07) is 20.7. The van der Waals surface area contributed by atoms with Gasteiger partial charge in [0.05, 0.1) is 5.56 Å². The average molecular weight is 668 g/mol. The predicted molar refractivity (Wildman–Crippen MR) is 164 cm³/mol. The molecule has 0 radical (unpaired) electrons. The molecule has 0 atom stereocenters. The maximum absolute atomic E-state index is 12.8. The van der Waals surface area contributed by atoms with Crippen molar-refractivity contribution in [2.75, 3.05) is 0 Å². The SMILES string of the molecule is C[Si](C)(C)N[Si](C)(C)C.FC(F)(F)c1ccc(/C(=C/c2ccc(Br)cc2)c2ccc(Br)cc2)cc1.[NaH]. The average Bonchev–Trinajstić information content (AvgIpc) is 2.71. The molecule has 0 saturated carbocycles. The fourth-order valence-corrected chi connectivity index (χ4v) is 13.2. The molecule has 0 amide bonds. The molecule has 0 aliphatic carbocycles. The van der Waals surface area contributed by atoms with Crippen LogP contribution < -0.4 is 4.65 Å². The third-order valence-corrected chi connectivity index (χ3v) is 11.7. The molecule has 9 heteroatoms. The minimum atomic E-state index is -4.34. The van der Waals surface area contributed by atoms with Gasteiger partial charge < -0.3 is 4.65 Å². The molecule has 190 valence electrons. The Kier molecular flexibility index (Phi) is 13.1. The van der Waals surface area contributed by atoms with E-state index in [1.165, 1.54) is 12.1 Å². The van der Waals surface area contributed by atoms with E-state index in [0.29, 0.717) is 0 Å². The van der Waals surface area contributed by atoms with E-state index >= 15 is 0 Å². The Balaban J connectivity index is 0.000000557. The molecule has 0 aliphatic rings. The van der Waals surface area contributed by atoms with Gasteiger partial charge in [-0.3, -0.25) is 0 Å². The Labute approximate surface area is 254 Å². The van der Waals surface area contributed by atoms with E-state index < -0.39 is 28.2 Å². The number of rotatable bonds is 5. The number of hydrogen-bond donors (Lipinski definition) is 1. The number of nitrogens with one attached hydrogen (secondary N) is 1. The van der Waals surface area contributed by atoms with Crippen LogP contribution >= 0.6 is 31.9 Å². The van der Waals surface area contributed by atoms with Crippen molar-refractivity contribution in [1.82, 2.24) is 4.65 Å². The number of benzene rings is 3. The summed E-state index contributed by atoms with van der Waals surface area (Å²) in [5, 5.41) is 0. The second kappa shape index (κ2) is 14.1. The quantitative estimate of drug-likeness (QED) is 0.211. The zero-order chi connectivity index (χ0) is 26.4. The van der Waals surface area contributed by atoms with Crippen LogP contribution in [0.1, 0.15) is 22.3 Å². The third-order valence-electron chi connectivity index (χ3n) is 4.61. The summed E-state index contributed by atoms with van der Waals surface area (Å²) < 4.78 is 44.2. The van der Waals surface area contributed by atoms with Crippen LogP contribution in [0.25, 0.3) is 11.6 Å². The van der Waals surface area contributed by atoms with Crippen molar-refractivity contribution in [2.45, 2.75) is 45.5 Å². The van der Waals surface area contributed by atoms with E-state index in [9.17, 15) is 13.2 Å². The van der Waals surface area contributed by atoms with Crippen LogP contribution in [0.4, 0.5) is 13.2 Å².